The van der Waals surface area contributed by atoms with Crippen LogP contribution in [-0.2, 0) is 9.53 Å². The Hall–Kier alpha value is -2.90. The van der Waals surface area contributed by atoms with Gasteiger partial charge in [0.2, 0.25) is 5.91 Å². The van der Waals surface area contributed by atoms with Crippen molar-refractivity contribution in [1.82, 2.24) is 15.2 Å². The van der Waals surface area contributed by atoms with Crippen LogP contribution in [0.15, 0.2) is 83.8 Å². The number of carbonyl (C=O) groups excluding carboxylic acids is 1. The Labute approximate surface area is 236 Å². The minimum absolute atomic E-state index is 0.0197. The Kier molecular flexibility index (Phi) is 8.65. The van der Waals surface area contributed by atoms with Crippen molar-refractivity contribution in [2.24, 2.45) is 11.8 Å². The van der Waals surface area contributed by atoms with Crippen molar-refractivity contribution in [3.05, 3.63) is 111 Å². The third-order valence-corrected chi connectivity index (χ3v) is 8.27. The van der Waals surface area contributed by atoms with Crippen molar-refractivity contribution in [2.45, 2.75) is 31.2 Å². The van der Waals surface area contributed by atoms with Crippen LogP contribution in [-0.4, -0.2) is 35.5 Å². The van der Waals surface area contributed by atoms with Gasteiger partial charge in [0.1, 0.15) is 12.4 Å². The summed E-state index contributed by atoms with van der Waals surface area (Å²) >= 11 is 9.66. The first-order chi connectivity index (χ1) is 18.5. The third-order valence-electron chi connectivity index (χ3n) is 7.49. The molecular formula is C30H30BrClFN3O2. The first-order valence-corrected chi connectivity index (χ1v) is 14.1. The first kappa shape index (κ1) is 26.7. The highest BCUT2D eigenvalue weighted by Crippen LogP contribution is 2.42. The van der Waals surface area contributed by atoms with Gasteiger partial charge in [-0.15, -0.1) is 0 Å². The number of hydrogen-bond acceptors (Lipinski definition) is 4. The third kappa shape index (κ3) is 6.56. The predicted molar refractivity (Wildman–Crippen MR) is 150 cm³/mol. The van der Waals surface area contributed by atoms with Crippen molar-refractivity contribution in [2.75, 3.05) is 19.7 Å². The van der Waals surface area contributed by atoms with E-state index in [-0.39, 0.29) is 17.7 Å². The molecule has 1 N–H and O–H groups in total. The highest BCUT2D eigenvalue weighted by atomic mass is 79.9. The zero-order chi connectivity index (χ0) is 26.5. The number of pyridine rings is 1. The van der Waals surface area contributed by atoms with E-state index in [0.29, 0.717) is 23.2 Å². The SMILES string of the molecule is O=C(NC(c1ccc(Cl)cc1)c1ccc(F)cn1)[C@@H]1CC[C@@H](CN2C=COCC2)C[C@H]1c1ccc(Br)cc1. The summed E-state index contributed by atoms with van der Waals surface area (Å²) in [6.07, 6.45) is 7.64. The first-order valence-electron chi connectivity index (χ1n) is 12.9. The summed E-state index contributed by atoms with van der Waals surface area (Å²) in [5.74, 6) is -0.0736. The van der Waals surface area contributed by atoms with E-state index in [1.807, 2.05) is 30.5 Å². The molecule has 1 saturated carbocycles. The van der Waals surface area contributed by atoms with Crippen molar-refractivity contribution < 1.29 is 13.9 Å². The van der Waals surface area contributed by atoms with Crippen LogP contribution in [0.1, 0.15) is 48.0 Å². The second kappa shape index (κ2) is 12.3. The van der Waals surface area contributed by atoms with Gasteiger partial charge in [-0.1, -0.05) is 51.8 Å². The molecule has 198 valence electrons. The normalized spacial score (nSPS) is 22.0. The van der Waals surface area contributed by atoms with E-state index in [1.54, 1.807) is 24.5 Å². The summed E-state index contributed by atoms with van der Waals surface area (Å²) in [6.45, 7) is 2.54. The second-order valence-corrected chi connectivity index (χ2v) is 11.3. The molecule has 1 aliphatic carbocycles. The number of hydrogen-bond donors (Lipinski definition) is 1. The summed E-state index contributed by atoms with van der Waals surface area (Å²) in [7, 11) is 0. The summed E-state index contributed by atoms with van der Waals surface area (Å²) < 4.78 is 20.0. The number of amides is 1. The topological polar surface area (TPSA) is 54.5 Å². The summed E-state index contributed by atoms with van der Waals surface area (Å²) in [5.41, 5.74) is 2.59. The number of aromatic nitrogens is 1. The Morgan fingerprint density at radius 3 is 2.61 bits per heavy atom. The van der Waals surface area contributed by atoms with Gasteiger partial charge >= 0.3 is 0 Å². The molecule has 0 saturated heterocycles. The van der Waals surface area contributed by atoms with Crippen molar-refractivity contribution in [1.29, 1.82) is 0 Å². The lowest BCUT2D eigenvalue weighted by Gasteiger charge is -2.38. The van der Waals surface area contributed by atoms with Crippen LogP contribution in [0.25, 0.3) is 0 Å². The van der Waals surface area contributed by atoms with Gasteiger partial charge in [-0.3, -0.25) is 9.78 Å². The van der Waals surface area contributed by atoms with Gasteiger partial charge in [-0.05, 0) is 78.6 Å². The number of benzene rings is 2. The van der Waals surface area contributed by atoms with E-state index in [4.69, 9.17) is 16.3 Å². The van der Waals surface area contributed by atoms with Gasteiger partial charge in [-0.25, -0.2) is 4.39 Å². The molecule has 3 aromatic rings. The van der Waals surface area contributed by atoms with E-state index in [1.165, 1.54) is 17.8 Å². The molecule has 5 rings (SSSR count). The van der Waals surface area contributed by atoms with E-state index in [9.17, 15) is 9.18 Å². The van der Waals surface area contributed by atoms with Crippen molar-refractivity contribution in [3.8, 4) is 0 Å². The van der Waals surface area contributed by atoms with Crippen molar-refractivity contribution >= 4 is 33.4 Å². The van der Waals surface area contributed by atoms with Crippen LogP contribution in [0.5, 0.6) is 0 Å². The molecule has 0 radical (unpaired) electrons. The van der Waals surface area contributed by atoms with Gasteiger partial charge in [0.25, 0.3) is 0 Å². The summed E-state index contributed by atoms with van der Waals surface area (Å²) in [4.78, 5) is 20.5. The van der Waals surface area contributed by atoms with Gasteiger partial charge < -0.3 is 15.0 Å². The molecule has 1 amide bonds. The Morgan fingerprint density at radius 2 is 1.92 bits per heavy atom. The van der Waals surface area contributed by atoms with Gasteiger partial charge in [0, 0.05) is 28.2 Å². The van der Waals surface area contributed by atoms with Crippen LogP contribution in [0.4, 0.5) is 4.39 Å². The molecule has 4 atom stereocenters. The Balaban J connectivity index is 1.39. The molecule has 2 aromatic carbocycles. The molecule has 0 bridgehead atoms. The van der Waals surface area contributed by atoms with Gasteiger partial charge in [-0.2, -0.15) is 0 Å². The molecule has 5 nitrogen and oxygen atoms in total. The maximum atomic E-state index is 13.9. The molecule has 2 heterocycles. The molecule has 1 unspecified atom stereocenters. The number of halogens is 3. The highest BCUT2D eigenvalue weighted by molar-refractivity contribution is 9.10. The lowest BCUT2D eigenvalue weighted by molar-refractivity contribution is -0.127. The van der Waals surface area contributed by atoms with Gasteiger partial charge in [0.15, 0.2) is 0 Å². The molecule has 1 fully saturated rings. The van der Waals surface area contributed by atoms with E-state index in [0.717, 1.165) is 42.4 Å². The van der Waals surface area contributed by atoms with Crippen LogP contribution < -0.4 is 5.32 Å². The fourth-order valence-corrected chi connectivity index (χ4v) is 5.92. The lowest BCUT2D eigenvalue weighted by Crippen LogP contribution is -2.41. The quantitative estimate of drug-likeness (QED) is 0.323. The fourth-order valence-electron chi connectivity index (χ4n) is 5.53. The molecular weight excluding hydrogens is 569 g/mol. The van der Waals surface area contributed by atoms with Crippen LogP contribution >= 0.6 is 27.5 Å². The zero-order valence-corrected chi connectivity index (χ0v) is 23.2. The van der Waals surface area contributed by atoms with E-state index < -0.39 is 11.9 Å². The molecule has 1 aliphatic heterocycles. The largest absolute Gasteiger partial charge is 0.498 e. The Bertz CT molecular complexity index is 1210. The van der Waals surface area contributed by atoms with E-state index >= 15 is 0 Å². The van der Waals surface area contributed by atoms with Crippen LogP contribution in [0, 0.1) is 17.7 Å². The zero-order valence-electron chi connectivity index (χ0n) is 20.9. The Morgan fingerprint density at radius 1 is 1.13 bits per heavy atom. The number of nitrogens with zero attached hydrogens (tertiary/aromatic N) is 2. The minimum atomic E-state index is -0.512. The smallest absolute Gasteiger partial charge is 0.224 e. The number of nitrogens with one attached hydrogen (secondary N) is 1. The number of carbonyl (C=O) groups is 1. The summed E-state index contributed by atoms with van der Waals surface area (Å²) in [6, 6.07) is 18.1. The maximum Gasteiger partial charge on any atom is 0.224 e. The monoisotopic (exact) mass is 597 g/mol. The van der Waals surface area contributed by atoms with Crippen LogP contribution in [0.2, 0.25) is 5.02 Å². The maximum absolute atomic E-state index is 13.9. The van der Waals surface area contributed by atoms with E-state index in [2.05, 4.69) is 43.3 Å². The fraction of sp³-hybridized carbons (Fsp3) is 0.333. The number of rotatable bonds is 7. The molecule has 8 heteroatoms. The minimum Gasteiger partial charge on any atom is -0.498 e. The van der Waals surface area contributed by atoms with Crippen LogP contribution in [0.3, 0.4) is 0 Å². The predicted octanol–water partition coefficient (Wildman–Crippen LogP) is 6.85. The average molecular weight is 599 g/mol. The second-order valence-electron chi connectivity index (χ2n) is 9.99. The van der Waals surface area contributed by atoms with Gasteiger partial charge in [0.05, 0.1) is 30.7 Å². The molecule has 38 heavy (non-hydrogen) atoms. The molecule has 1 aromatic heterocycles. The standard InChI is InChI=1S/C30H30BrClFN3O2/c31-23-6-2-21(3-7-23)27-17-20(19-36-13-15-38-16-14-36)1-11-26(27)30(37)35-29(22-4-8-24(32)9-5-22)28-12-10-25(33)18-34-28/h2-10,12-13,15,18,20,26-27,29H,1,11,14,16-17,19H2,(H,35,37)/t20-,26-,27+,29?/m1/s1. The molecule has 0 spiro atoms. The average Bonchev–Trinajstić information content (AvgIpc) is 2.94. The summed E-state index contributed by atoms with van der Waals surface area (Å²) in [5, 5.41) is 3.86. The number of ether oxygens (including phenoxy) is 1. The highest BCUT2D eigenvalue weighted by Gasteiger charge is 2.37. The molecule has 2 aliphatic rings. The van der Waals surface area contributed by atoms with Crippen molar-refractivity contribution in [3.63, 3.8) is 0 Å². The lowest BCUT2D eigenvalue weighted by atomic mass is 9.70.